The SMILES string of the molecule is CNC(C)(C)c1cc(C)c(O)c(Cl)c1. The molecule has 3 heteroatoms. The Balaban J connectivity index is 3.26. The topological polar surface area (TPSA) is 32.3 Å². The summed E-state index contributed by atoms with van der Waals surface area (Å²) >= 11 is 5.90. The normalized spacial score (nSPS) is 11.8. The molecule has 0 fully saturated rings. The van der Waals surface area contributed by atoms with Crippen molar-refractivity contribution in [2.24, 2.45) is 0 Å². The van der Waals surface area contributed by atoms with E-state index in [2.05, 4.69) is 19.2 Å². The molecule has 1 aromatic carbocycles. The molecule has 2 N–H and O–H groups in total. The zero-order valence-electron chi connectivity index (χ0n) is 8.98. The molecule has 0 aliphatic rings. The van der Waals surface area contributed by atoms with Gasteiger partial charge < -0.3 is 10.4 Å². The first-order valence-electron chi connectivity index (χ1n) is 4.57. The lowest BCUT2D eigenvalue weighted by atomic mass is 9.93. The molecule has 0 spiro atoms. The second-order valence-corrected chi connectivity index (χ2v) is 4.41. The highest BCUT2D eigenvalue weighted by Gasteiger charge is 2.19. The van der Waals surface area contributed by atoms with Crippen molar-refractivity contribution in [2.75, 3.05) is 7.05 Å². The third-order valence-electron chi connectivity index (χ3n) is 2.60. The van der Waals surface area contributed by atoms with Gasteiger partial charge in [0, 0.05) is 5.54 Å². The van der Waals surface area contributed by atoms with Crippen LogP contribution in [0, 0.1) is 6.92 Å². The highest BCUT2D eigenvalue weighted by atomic mass is 35.5. The Hall–Kier alpha value is -0.730. The lowest BCUT2D eigenvalue weighted by molar-refractivity contribution is 0.440. The van der Waals surface area contributed by atoms with E-state index < -0.39 is 0 Å². The van der Waals surface area contributed by atoms with Crippen molar-refractivity contribution in [3.63, 3.8) is 0 Å². The van der Waals surface area contributed by atoms with Crippen molar-refractivity contribution in [2.45, 2.75) is 26.3 Å². The third kappa shape index (κ3) is 2.02. The van der Waals surface area contributed by atoms with Gasteiger partial charge in [-0.2, -0.15) is 0 Å². The summed E-state index contributed by atoms with van der Waals surface area (Å²) in [5.74, 6) is 0.169. The molecule has 78 valence electrons. The van der Waals surface area contributed by atoms with Crippen LogP contribution in [0.3, 0.4) is 0 Å². The van der Waals surface area contributed by atoms with Crippen molar-refractivity contribution < 1.29 is 5.11 Å². The van der Waals surface area contributed by atoms with E-state index in [1.54, 1.807) is 6.07 Å². The van der Waals surface area contributed by atoms with Gasteiger partial charge in [0.2, 0.25) is 0 Å². The number of aryl methyl sites for hydroxylation is 1. The number of benzene rings is 1. The van der Waals surface area contributed by atoms with Gasteiger partial charge in [-0.3, -0.25) is 0 Å². The molecule has 0 amide bonds. The molecule has 0 unspecified atom stereocenters. The van der Waals surface area contributed by atoms with Gasteiger partial charge in [-0.1, -0.05) is 17.7 Å². The first-order valence-corrected chi connectivity index (χ1v) is 4.95. The molecular weight excluding hydrogens is 198 g/mol. The largest absolute Gasteiger partial charge is 0.506 e. The predicted octanol–water partition coefficient (Wildman–Crippen LogP) is 2.81. The predicted molar refractivity (Wildman–Crippen MR) is 59.9 cm³/mol. The number of halogens is 1. The summed E-state index contributed by atoms with van der Waals surface area (Å²) in [7, 11) is 1.90. The third-order valence-corrected chi connectivity index (χ3v) is 2.89. The molecule has 14 heavy (non-hydrogen) atoms. The number of hydrogen-bond acceptors (Lipinski definition) is 2. The van der Waals surface area contributed by atoms with Crippen molar-refractivity contribution >= 4 is 11.6 Å². The van der Waals surface area contributed by atoms with E-state index in [9.17, 15) is 5.11 Å². The summed E-state index contributed by atoms with van der Waals surface area (Å²) in [6.45, 7) is 5.97. The maximum Gasteiger partial charge on any atom is 0.137 e. The van der Waals surface area contributed by atoms with Crippen molar-refractivity contribution in [1.29, 1.82) is 0 Å². The van der Waals surface area contributed by atoms with Gasteiger partial charge in [-0.05, 0) is 45.0 Å². The summed E-state index contributed by atoms with van der Waals surface area (Å²) in [6.07, 6.45) is 0. The van der Waals surface area contributed by atoms with E-state index >= 15 is 0 Å². The second-order valence-electron chi connectivity index (χ2n) is 4.00. The molecule has 0 bridgehead atoms. The molecule has 0 heterocycles. The molecule has 0 radical (unpaired) electrons. The summed E-state index contributed by atoms with van der Waals surface area (Å²) in [6, 6.07) is 3.73. The lowest BCUT2D eigenvalue weighted by Crippen LogP contribution is -2.33. The van der Waals surface area contributed by atoms with Crippen LogP contribution in [-0.2, 0) is 5.54 Å². The summed E-state index contributed by atoms with van der Waals surface area (Å²) < 4.78 is 0. The maximum absolute atomic E-state index is 9.52. The number of nitrogens with one attached hydrogen (secondary N) is 1. The van der Waals surface area contributed by atoms with Gasteiger partial charge in [-0.25, -0.2) is 0 Å². The van der Waals surface area contributed by atoms with Gasteiger partial charge in [0.25, 0.3) is 0 Å². The van der Waals surface area contributed by atoms with Crippen LogP contribution in [0.4, 0.5) is 0 Å². The monoisotopic (exact) mass is 213 g/mol. The van der Waals surface area contributed by atoms with Gasteiger partial charge in [0.1, 0.15) is 5.75 Å². The zero-order valence-corrected chi connectivity index (χ0v) is 9.74. The van der Waals surface area contributed by atoms with Crippen LogP contribution in [-0.4, -0.2) is 12.2 Å². The number of phenols is 1. The van der Waals surface area contributed by atoms with E-state index in [0.29, 0.717) is 5.02 Å². The highest BCUT2D eigenvalue weighted by molar-refractivity contribution is 6.32. The minimum absolute atomic E-state index is 0.137. The van der Waals surface area contributed by atoms with E-state index in [4.69, 9.17) is 11.6 Å². The number of rotatable bonds is 2. The number of hydrogen-bond donors (Lipinski definition) is 2. The summed E-state index contributed by atoms with van der Waals surface area (Å²) in [5, 5.41) is 13.1. The Labute approximate surface area is 89.9 Å². The summed E-state index contributed by atoms with van der Waals surface area (Å²) in [4.78, 5) is 0. The lowest BCUT2D eigenvalue weighted by Gasteiger charge is -2.25. The Morgan fingerprint density at radius 1 is 1.36 bits per heavy atom. The van der Waals surface area contributed by atoms with Crippen LogP contribution < -0.4 is 5.32 Å². The van der Waals surface area contributed by atoms with Gasteiger partial charge in [-0.15, -0.1) is 0 Å². The first kappa shape index (κ1) is 11.3. The Kier molecular flexibility index (Phi) is 3.07. The smallest absolute Gasteiger partial charge is 0.137 e. The average Bonchev–Trinajstić information content (AvgIpc) is 2.13. The maximum atomic E-state index is 9.52. The van der Waals surface area contributed by atoms with E-state index in [1.165, 1.54) is 0 Å². The molecule has 0 atom stereocenters. The van der Waals surface area contributed by atoms with Crippen LogP contribution in [0.5, 0.6) is 5.75 Å². The molecule has 1 aromatic rings. The number of phenolic OH excluding ortho intramolecular Hbond substituents is 1. The quantitative estimate of drug-likeness (QED) is 0.792. The number of aromatic hydroxyl groups is 1. The van der Waals surface area contributed by atoms with Crippen LogP contribution in [0.25, 0.3) is 0 Å². The molecule has 0 saturated heterocycles. The Morgan fingerprint density at radius 3 is 2.36 bits per heavy atom. The molecule has 0 aliphatic carbocycles. The standard InChI is InChI=1S/C11H16ClNO/c1-7-5-8(11(2,3)13-4)6-9(12)10(7)14/h5-6,13-14H,1-4H3. The minimum Gasteiger partial charge on any atom is -0.506 e. The second kappa shape index (κ2) is 3.79. The fourth-order valence-corrected chi connectivity index (χ4v) is 1.51. The van der Waals surface area contributed by atoms with Crippen molar-refractivity contribution in [1.82, 2.24) is 5.32 Å². The summed E-state index contributed by atoms with van der Waals surface area (Å²) in [5.41, 5.74) is 1.73. The van der Waals surface area contributed by atoms with E-state index in [1.807, 2.05) is 20.0 Å². The Morgan fingerprint density at radius 2 is 1.93 bits per heavy atom. The van der Waals surface area contributed by atoms with E-state index in [0.717, 1.165) is 11.1 Å². The van der Waals surface area contributed by atoms with Crippen LogP contribution in [0.2, 0.25) is 5.02 Å². The van der Waals surface area contributed by atoms with Crippen molar-refractivity contribution in [3.8, 4) is 5.75 Å². The molecule has 0 aromatic heterocycles. The molecular formula is C11H16ClNO. The van der Waals surface area contributed by atoms with Gasteiger partial charge in [0.05, 0.1) is 5.02 Å². The van der Waals surface area contributed by atoms with Crippen LogP contribution >= 0.6 is 11.6 Å². The molecule has 2 nitrogen and oxygen atoms in total. The first-order chi connectivity index (χ1) is 6.38. The highest BCUT2D eigenvalue weighted by Crippen LogP contribution is 2.32. The average molecular weight is 214 g/mol. The Bertz CT molecular complexity index is 324. The fourth-order valence-electron chi connectivity index (χ4n) is 1.24. The van der Waals surface area contributed by atoms with Gasteiger partial charge >= 0.3 is 0 Å². The minimum atomic E-state index is -0.137. The molecule has 1 rings (SSSR count). The zero-order chi connectivity index (χ0) is 10.9. The van der Waals surface area contributed by atoms with Crippen LogP contribution in [0.1, 0.15) is 25.0 Å². The van der Waals surface area contributed by atoms with Gasteiger partial charge in [0.15, 0.2) is 0 Å². The van der Waals surface area contributed by atoms with Crippen LogP contribution in [0.15, 0.2) is 12.1 Å². The van der Waals surface area contributed by atoms with E-state index in [-0.39, 0.29) is 11.3 Å². The fraction of sp³-hybridized carbons (Fsp3) is 0.455. The van der Waals surface area contributed by atoms with Crippen molar-refractivity contribution in [3.05, 3.63) is 28.3 Å². The molecule has 0 saturated carbocycles. The molecule has 0 aliphatic heterocycles.